The van der Waals surface area contributed by atoms with Gasteiger partial charge in [0.05, 0.1) is 11.7 Å². The van der Waals surface area contributed by atoms with Crippen molar-refractivity contribution in [3.63, 3.8) is 0 Å². The third-order valence-corrected chi connectivity index (χ3v) is 7.66. The van der Waals surface area contributed by atoms with E-state index in [4.69, 9.17) is 18.9 Å². The van der Waals surface area contributed by atoms with Gasteiger partial charge in [-0.2, -0.15) is 0 Å². The van der Waals surface area contributed by atoms with Crippen LogP contribution < -0.4 is 19.5 Å². The normalized spacial score (nSPS) is 24.2. The number of fused-ring (bicyclic) bond motifs is 2. The Morgan fingerprint density at radius 2 is 1.79 bits per heavy atom. The van der Waals surface area contributed by atoms with Gasteiger partial charge in [-0.25, -0.2) is 0 Å². The molecule has 0 unspecified atom stereocenters. The number of amides is 2. The summed E-state index contributed by atoms with van der Waals surface area (Å²) >= 11 is 0. The monoisotopic (exact) mass is 523 g/mol. The highest BCUT2D eigenvalue weighted by Crippen LogP contribution is 2.34. The van der Waals surface area contributed by atoms with Crippen LogP contribution in [0.4, 0.5) is 5.69 Å². The first-order chi connectivity index (χ1) is 18.3. The molecule has 9 nitrogen and oxygen atoms in total. The lowest BCUT2D eigenvalue weighted by Gasteiger charge is -2.36. The van der Waals surface area contributed by atoms with Crippen molar-refractivity contribution in [2.45, 2.75) is 38.8 Å². The first kappa shape index (κ1) is 26.3. The fourth-order valence-electron chi connectivity index (χ4n) is 5.06. The Hall–Kier alpha value is -3.30. The summed E-state index contributed by atoms with van der Waals surface area (Å²) in [6, 6.07) is 10.4. The third kappa shape index (κ3) is 5.89. The van der Waals surface area contributed by atoms with Gasteiger partial charge in [-0.3, -0.25) is 14.5 Å². The van der Waals surface area contributed by atoms with Gasteiger partial charge >= 0.3 is 0 Å². The number of rotatable bonds is 5. The second-order valence-electron chi connectivity index (χ2n) is 10.7. The Kier molecular flexibility index (Phi) is 7.76. The number of nitrogens with one attached hydrogen (secondary N) is 1. The molecule has 3 atom stereocenters. The van der Waals surface area contributed by atoms with Crippen LogP contribution >= 0.6 is 0 Å². The van der Waals surface area contributed by atoms with E-state index in [1.807, 2.05) is 0 Å². The number of methoxy groups -OCH3 is 1. The highest BCUT2D eigenvalue weighted by molar-refractivity contribution is 6.06. The molecular weight excluding hydrogens is 486 g/mol. The summed E-state index contributed by atoms with van der Waals surface area (Å²) in [5.74, 6) is 2.15. The number of likely N-dealkylation sites (N-methyl/N-ethyl adjacent to an activating group) is 1. The van der Waals surface area contributed by atoms with E-state index < -0.39 is 0 Å². The Morgan fingerprint density at radius 1 is 1.03 bits per heavy atom. The molecule has 1 saturated carbocycles. The molecule has 2 aromatic carbocycles. The van der Waals surface area contributed by atoms with E-state index in [0.29, 0.717) is 47.2 Å². The number of benzene rings is 2. The minimum absolute atomic E-state index is 0.101. The molecule has 1 aliphatic carbocycles. The van der Waals surface area contributed by atoms with Crippen molar-refractivity contribution in [2.75, 3.05) is 52.5 Å². The molecule has 1 fully saturated rings. The number of hydrogen-bond donors (Lipinski definition) is 1. The topological polar surface area (TPSA) is 89.6 Å². The maximum absolute atomic E-state index is 13.6. The molecule has 2 heterocycles. The van der Waals surface area contributed by atoms with Crippen LogP contribution in [0.5, 0.6) is 17.2 Å². The molecule has 204 valence electrons. The maximum atomic E-state index is 13.6. The van der Waals surface area contributed by atoms with Crippen molar-refractivity contribution in [1.82, 2.24) is 9.80 Å². The second kappa shape index (κ2) is 11.2. The molecule has 0 spiro atoms. The summed E-state index contributed by atoms with van der Waals surface area (Å²) in [5, 5.41) is 2.90. The van der Waals surface area contributed by atoms with Crippen molar-refractivity contribution >= 4 is 17.5 Å². The standard InChI is InChI=1S/C29H37N3O6/c1-18-13-32(14-20-5-6-20)19(2)16-36-24-10-8-22(12-23(24)29(34)31(3)15-27(18)35-4)30-28(33)21-7-9-25-26(11-21)38-17-37-25/h7-12,18-20,27H,5-6,13-17H2,1-4H3,(H,30,33)/t18-,19+,27+/m0/s1. The summed E-state index contributed by atoms with van der Waals surface area (Å²) in [5.41, 5.74) is 1.34. The van der Waals surface area contributed by atoms with Gasteiger partial charge in [0.25, 0.3) is 11.8 Å². The number of hydrogen-bond acceptors (Lipinski definition) is 7. The Morgan fingerprint density at radius 3 is 2.55 bits per heavy atom. The van der Waals surface area contributed by atoms with Crippen molar-refractivity contribution in [3.8, 4) is 17.2 Å². The fraction of sp³-hybridized carbons (Fsp3) is 0.517. The predicted octanol–water partition coefficient (Wildman–Crippen LogP) is 3.88. The molecule has 1 N–H and O–H groups in total. The third-order valence-electron chi connectivity index (χ3n) is 7.66. The van der Waals surface area contributed by atoms with Crippen molar-refractivity contribution in [3.05, 3.63) is 47.5 Å². The zero-order valence-corrected chi connectivity index (χ0v) is 22.6. The fourth-order valence-corrected chi connectivity index (χ4v) is 5.06. The highest BCUT2D eigenvalue weighted by Gasteiger charge is 2.32. The van der Waals surface area contributed by atoms with Gasteiger partial charge in [-0.05, 0) is 68.0 Å². The van der Waals surface area contributed by atoms with Crippen LogP contribution in [0.1, 0.15) is 47.4 Å². The number of carbonyl (C=O) groups is 2. The zero-order valence-electron chi connectivity index (χ0n) is 22.6. The molecule has 0 radical (unpaired) electrons. The minimum Gasteiger partial charge on any atom is -0.491 e. The smallest absolute Gasteiger partial charge is 0.257 e. The van der Waals surface area contributed by atoms with E-state index >= 15 is 0 Å². The largest absolute Gasteiger partial charge is 0.491 e. The van der Waals surface area contributed by atoms with Gasteiger partial charge in [0.2, 0.25) is 6.79 Å². The van der Waals surface area contributed by atoms with Gasteiger partial charge in [0.15, 0.2) is 11.5 Å². The van der Waals surface area contributed by atoms with E-state index in [2.05, 4.69) is 24.1 Å². The molecule has 0 aromatic heterocycles. The van der Waals surface area contributed by atoms with Crippen molar-refractivity contribution in [2.24, 2.45) is 11.8 Å². The maximum Gasteiger partial charge on any atom is 0.257 e. The van der Waals surface area contributed by atoms with Crippen LogP contribution in [-0.4, -0.2) is 81.0 Å². The molecule has 0 saturated heterocycles. The van der Waals surface area contributed by atoms with E-state index in [1.165, 1.54) is 12.8 Å². The molecule has 2 amide bonds. The van der Waals surface area contributed by atoms with Gasteiger partial charge in [-0.15, -0.1) is 0 Å². The number of nitrogens with zero attached hydrogens (tertiary/aromatic N) is 2. The average Bonchev–Trinajstić information content (AvgIpc) is 3.61. The van der Waals surface area contributed by atoms with Gasteiger partial charge in [0.1, 0.15) is 12.4 Å². The molecular formula is C29H37N3O6. The molecule has 9 heteroatoms. The summed E-state index contributed by atoms with van der Waals surface area (Å²) in [6.45, 7) is 7.36. The first-order valence-electron chi connectivity index (χ1n) is 13.3. The lowest BCUT2D eigenvalue weighted by molar-refractivity contribution is 0.00994. The summed E-state index contributed by atoms with van der Waals surface area (Å²) in [6.07, 6.45) is 2.47. The summed E-state index contributed by atoms with van der Waals surface area (Å²) in [4.78, 5) is 30.7. The van der Waals surface area contributed by atoms with Crippen LogP contribution in [0, 0.1) is 11.8 Å². The van der Waals surface area contributed by atoms with E-state index in [9.17, 15) is 9.59 Å². The van der Waals surface area contributed by atoms with Gasteiger partial charge in [0, 0.05) is 51.1 Å². The van der Waals surface area contributed by atoms with Crippen LogP contribution in [0.25, 0.3) is 0 Å². The summed E-state index contributed by atoms with van der Waals surface area (Å²) < 4.78 is 22.8. The number of carbonyl (C=O) groups excluding carboxylic acids is 2. The lowest BCUT2D eigenvalue weighted by atomic mass is 10.0. The van der Waals surface area contributed by atoms with E-state index in [0.717, 1.165) is 19.0 Å². The zero-order chi connectivity index (χ0) is 26.8. The predicted molar refractivity (Wildman–Crippen MR) is 143 cm³/mol. The van der Waals surface area contributed by atoms with E-state index in [-0.39, 0.29) is 36.7 Å². The Labute approximate surface area is 224 Å². The quantitative estimate of drug-likeness (QED) is 0.636. The van der Waals surface area contributed by atoms with Crippen molar-refractivity contribution in [1.29, 1.82) is 0 Å². The van der Waals surface area contributed by atoms with Gasteiger partial charge in [-0.1, -0.05) is 6.92 Å². The molecule has 2 aliphatic heterocycles. The Bertz CT molecular complexity index is 1180. The molecule has 0 bridgehead atoms. The van der Waals surface area contributed by atoms with Crippen LogP contribution in [0.15, 0.2) is 36.4 Å². The molecule has 5 rings (SSSR count). The summed E-state index contributed by atoms with van der Waals surface area (Å²) in [7, 11) is 3.49. The van der Waals surface area contributed by atoms with Crippen LogP contribution in [-0.2, 0) is 4.74 Å². The SMILES string of the molecule is CO[C@@H]1CN(C)C(=O)c2cc(NC(=O)c3ccc4c(c3)OCO4)ccc2OC[C@@H](C)N(CC2CC2)C[C@@H]1C. The minimum atomic E-state index is -0.310. The lowest BCUT2D eigenvalue weighted by Crippen LogP contribution is -2.47. The first-order valence-corrected chi connectivity index (χ1v) is 13.3. The molecule has 3 aliphatic rings. The average molecular weight is 524 g/mol. The number of ether oxygens (including phenoxy) is 4. The highest BCUT2D eigenvalue weighted by atomic mass is 16.7. The molecule has 38 heavy (non-hydrogen) atoms. The number of anilines is 1. The molecule has 2 aromatic rings. The Balaban J connectivity index is 1.39. The van der Waals surface area contributed by atoms with Crippen LogP contribution in [0.3, 0.4) is 0 Å². The second-order valence-corrected chi connectivity index (χ2v) is 10.7. The van der Waals surface area contributed by atoms with Gasteiger partial charge < -0.3 is 29.2 Å². The van der Waals surface area contributed by atoms with Crippen LogP contribution in [0.2, 0.25) is 0 Å². The van der Waals surface area contributed by atoms with E-state index in [1.54, 1.807) is 55.5 Å². The van der Waals surface area contributed by atoms with Crippen molar-refractivity contribution < 1.29 is 28.5 Å².